The average Bonchev–Trinajstić information content (AvgIpc) is 2.88. The van der Waals surface area contributed by atoms with Crippen LogP contribution in [0.25, 0.3) is 22.5 Å². The molecule has 3 aromatic carbocycles. The first-order valence-corrected chi connectivity index (χ1v) is 11.6. The SMILES string of the molecule is Cc1ccc(C(=O)NNC(=O)C(C)Sc2nnc(-c3ccccc3)c(-c3ccccc3)n2)cc1. The van der Waals surface area contributed by atoms with E-state index in [9.17, 15) is 9.59 Å². The number of hydrazine groups is 1. The Morgan fingerprint density at radius 2 is 1.35 bits per heavy atom. The van der Waals surface area contributed by atoms with Crippen molar-refractivity contribution in [2.45, 2.75) is 24.3 Å². The van der Waals surface area contributed by atoms with Crippen LogP contribution in [0.3, 0.4) is 0 Å². The van der Waals surface area contributed by atoms with Crippen LogP contribution in [0, 0.1) is 6.92 Å². The van der Waals surface area contributed by atoms with E-state index in [-0.39, 0.29) is 11.8 Å². The van der Waals surface area contributed by atoms with E-state index in [4.69, 9.17) is 4.98 Å². The van der Waals surface area contributed by atoms with E-state index >= 15 is 0 Å². The summed E-state index contributed by atoms with van der Waals surface area (Å²) in [7, 11) is 0. The van der Waals surface area contributed by atoms with Crippen LogP contribution in [0.2, 0.25) is 0 Å². The maximum absolute atomic E-state index is 12.6. The molecule has 4 rings (SSSR count). The number of nitrogens with zero attached hydrogens (tertiary/aromatic N) is 3. The summed E-state index contributed by atoms with van der Waals surface area (Å²) in [6.45, 7) is 3.66. The molecule has 8 heteroatoms. The molecule has 1 atom stereocenters. The second-order valence-corrected chi connectivity index (χ2v) is 8.90. The molecule has 2 amide bonds. The predicted octanol–water partition coefficient (Wildman–Crippen LogP) is 4.46. The van der Waals surface area contributed by atoms with Gasteiger partial charge in [0.2, 0.25) is 5.16 Å². The minimum atomic E-state index is -0.564. The smallest absolute Gasteiger partial charge is 0.269 e. The fourth-order valence-corrected chi connectivity index (χ4v) is 3.87. The van der Waals surface area contributed by atoms with Gasteiger partial charge in [0.15, 0.2) is 0 Å². The van der Waals surface area contributed by atoms with Crippen molar-refractivity contribution < 1.29 is 9.59 Å². The predicted molar refractivity (Wildman–Crippen MR) is 133 cm³/mol. The number of rotatable bonds is 6. The summed E-state index contributed by atoms with van der Waals surface area (Å²) in [6, 6.07) is 26.5. The molecule has 0 fully saturated rings. The maximum Gasteiger partial charge on any atom is 0.269 e. The lowest BCUT2D eigenvalue weighted by Crippen LogP contribution is -2.44. The average molecular weight is 470 g/mol. The van der Waals surface area contributed by atoms with E-state index in [2.05, 4.69) is 21.0 Å². The lowest BCUT2D eigenvalue weighted by molar-refractivity contribution is -0.121. The number of benzene rings is 3. The number of hydrogen-bond donors (Lipinski definition) is 2. The van der Waals surface area contributed by atoms with Gasteiger partial charge in [0.05, 0.1) is 5.25 Å². The standard InChI is InChI=1S/C26H23N5O2S/c1-17-13-15-21(16-14-17)25(33)30-29-24(32)18(2)34-26-27-22(19-9-5-3-6-10-19)23(28-31-26)20-11-7-4-8-12-20/h3-16,18H,1-2H3,(H,29,32)(H,30,33). The third kappa shape index (κ3) is 5.65. The second-order valence-electron chi connectivity index (χ2n) is 7.59. The van der Waals surface area contributed by atoms with Gasteiger partial charge in [-0.15, -0.1) is 10.2 Å². The number of carbonyl (C=O) groups excluding carboxylic acids is 2. The summed E-state index contributed by atoms with van der Waals surface area (Å²) in [5, 5.41) is 8.48. The highest BCUT2D eigenvalue weighted by molar-refractivity contribution is 8.00. The van der Waals surface area contributed by atoms with Gasteiger partial charge in [-0.1, -0.05) is 90.1 Å². The minimum Gasteiger partial charge on any atom is -0.272 e. The number of nitrogens with one attached hydrogen (secondary N) is 2. The number of aromatic nitrogens is 3. The van der Waals surface area contributed by atoms with Crippen molar-refractivity contribution in [3.63, 3.8) is 0 Å². The molecule has 7 nitrogen and oxygen atoms in total. The molecule has 4 aromatic rings. The summed E-state index contributed by atoms with van der Waals surface area (Å²) in [5.74, 6) is -0.760. The Labute approximate surface area is 202 Å². The van der Waals surface area contributed by atoms with Crippen LogP contribution in [0.1, 0.15) is 22.8 Å². The Morgan fingerprint density at radius 3 is 1.97 bits per heavy atom. The summed E-state index contributed by atoms with van der Waals surface area (Å²) in [4.78, 5) is 29.5. The normalized spacial score (nSPS) is 11.5. The third-order valence-electron chi connectivity index (χ3n) is 5.03. The van der Waals surface area contributed by atoms with Crippen molar-refractivity contribution in [2.75, 3.05) is 0 Å². The third-order valence-corrected chi connectivity index (χ3v) is 5.98. The zero-order chi connectivity index (χ0) is 23.9. The molecule has 1 aromatic heterocycles. The largest absolute Gasteiger partial charge is 0.272 e. The first-order valence-electron chi connectivity index (χ1n) is 10.7. The van der Waals surface area contributed by atoms with Crippen molar-refractivity contribution >= 4 is 23.6 Å². The summed E-state index contributed by atoms with van der Waals surface area (Å²) < 4.78 is 0. The van der Waals surface area contributed by atoms with Crippen molar-refractivity contribution in [3.8, 4) is 22.5 Å². The Bertz CT molecular complexity index is 1280. The quantitative estimate of drug-likeness (QED) is 0.320. The molecule has 34 heavy (non-hydrogen) atoms. The highest BCUT2D eigenvalue weighted by atomic mass is 32.2. The fraction of sp³-hybridized carbons (Fsp3) is 0.115. The van der Waals surface area contributed by atoms with Crippen molar-refractivity contribution in [2.24, 2.45) is 0 Å². The molecule has 170 valence electrons. The van der Waals surface area contributed by atoms with E-state index in [0.29, 0.717) is 22.1 Å². The minimum absolute atomic E-state index is 0.367. The molecule has 0 aliphatic heterocycles. The molecule has 0 saturated carbocycles. The summed E-state index contributed by atoms with van der Waals surface area (Å²) in [5.41, 5.74) is 9.58. The molecular formula is C26H23N5O2S. The van der Waals surface area contributed by atoms with Crippen molar-refractivity contribution in [1.29, 1.82) is 0 Å². The second kappa shape index (κ2) is 10.7. The van der Waals surface area contributed by atoms with E-state index < -0.39 is 5.25 Å². The number of thioether (sulfide) groups is 1. The van der Waals surface area contributed by atoms with Gasteiger partial charge in [0.25, 0.3) is 11.8 Å². The van der Waals surface area contributed by atoms with Crippen LogP contribution in [-0.2, 0) is 4.79 Å². The van der Waals surface area contributed by atoms with Crippen LogP contribution in [0.4, 0.5) is 0 Å². The van der Waals surface area contributed by atoms with Gasteiger partial charge >= 0.3 is 0 Å². The van der Waals surface area contributed by atoms with E-state index in [1.807, 2.05) is 79.7 Å². The lowest BCUT2D eigenvalue weighted by atomic mass is 10.0. The Balaban J connectivity index is 1.48. The molecule has 2 N–H and O–H groups in total. The van der Waals surface area contributed by atoms with Crippen LogP contribution >= 0.6 is 11.8 Å². The maximum atomic E-state index is 12.6. The Kier molecular flexibility index (Phi) is 7.29. The molecule has 0 aliphatic carbocycles. The number of carbonyl (C=O) groups is 2. The lowest BCUT2D eigenvalue weighted by Gasteiger charge is -2.13. The monoisotopic (exact) mass is 469 g/mol. The number of amides is 2. The number of hydrogen-bond acceptors (Lipinski definition) is 6. The van der Waals surface area contributed by atoms with Gasteiger partial charge in [-0.3, -0.25) is 20.4 Å². The van der Waals surface area contributed by atoms with Crippen LogP contribution in [-0.4, -0.2) is 32.2 Å². The molecule has 0 spiro atoms. The van der Waals surface area contributed by atoms with E-state index in [0.717, 1.165) is 16.7 Å². The van der Waals surface area contributed by atoms with Crippen molar-refractivity contribution in [1.82, 2.24) is 26.0 Å². The fourth-order valence-electron chi connectivity index (χ4n) is 3.16. The molecule has 0 aliphatic rings. The van der Waals surface area contributed by atoms with Gasteiger partial charge in [0, 0.05) is 16.7 Å². The van der Waals surface area contributed by atoms with E-state index in [1.165, 1.54) is 11.8 Å². The van der Waals surface area contributed by atoms with Crippen LogP contribution in [0.15, 0.2) is 90.1 Å². The van der Waals surface area contributed by atoms with Gasteiger partial charge in [0.1, 0.15) is 11.4 Å². The highest BCUT2D eigenvalue weighted by Crippen LogP contribution is 2.30. The Morgan fingerprint density at radius 1 is 0.765 bits per heavy atom. The molecule has 0 bridgehead atoms. The molecule has 0 radical (unpaired) electrons. The topological polar surface area (TPSA) is 96.9 Å². The summed E-state index contributed by atoms with van der Waals surface area (Å²) >= 11 is 1.17. The van der Waals surface area contributed by atoms with Crippen molar-refractivity contribution in [3.05, 3.63) is 96.1 Å². The van der Waals surface area contributed by atoms with E-state index in [1.54, 1.807) is 19.1 Å². The van der Waals surface area contributed by atoms with Gasteiger partial charge in [-0.25, -0.2) is 4.98 Å². The molecule has 1 unspecified atom stereocenters. The highest BCUT2D eigenvalue weighted by Gasteiger charge is 2.20. The first-order chi connectivity index (χ1) is 16.5. The molecule has 1 heterocycles. The van der Waals surface area contributed by atoms with Gasteiger partial charge < -0.3 is 0 Å². The molecule has 0 saturated heterocycles. The summed E-state index contributed by atoms with van der Waals surface area (Å²) in [6.07, 6.45) is 0. The van der Waals surface area contributed by atoms with Gasteiger partial charge in [-0.05, 0) is 26.0 Å². The van der Waals surface area contributed by atoms with Crippen LogP contribution in [0.5, 0.6) is 0 Å². The zero-order valence-corrected chi connectivity index (χ0v) is 19.5. The first kappa shape index (κ1) is 23.1. The zero-order valence-electron chi connectivity index (χ0n) is 18.7. The number of aryl methyl sites for hydroxylation is 1. The van der Waals surface area contributed by atoms with Gasteiger partial charge in [-0.2, -0.15) is 0 Å². The Hall–Kier alpha value is -4.04. The molecular weight excluding hydrogens is 446 g/mol. The van der Waals surface area contributed by atoms with Crippen LogP contribution < -0.4 is 10.9 Å².